The van der Waals surface area contributed by atoms with Gasteiger partial charge in [-0.15, -0.1) is 0 Å². The lowest BCUT2D eigenvalue weighted by atomic mass is 10.0. The molecule has 0 aromatic heterocycles. The quantitative estimate of drug-likeness (QED) is 0.686. The SMILES string of the molecule is CCOC(=O)CC(O)C(O)c1ccc(C(=O)O)c(Cl)c1. The molecule has 2 atom stereocenters. The minimum absolute atomic E-state index is 0.0580. The summed E-state index contributed by atoms with van der Waals surface area (Å²) < 4.78 is 4.66. The smallest absolute Gasteiger partial charge is 0.337 e. The maximum atomic E-state index is 11.2. The Balaban J connectivity index is 2.81. The van der Waals surface area contributed by atoms with E-state index in [0.717, 1.165) is 0 Å². The molecule has 0 aliphatic rings. The zero-order valence-electron chi connectivity index (χ0n) is 10.7. The average molecular weight is 303 g/mol. The van der Waals surface area contributed by atoms with Crippen molar-refractivity contribution in [1.82, 2.24) is 0 Å². The number of carbonyl (C=O) groups excluding carboxylic acids is 1. The van der Waals surface area contributed by atoms with Crippen LogP contribution in [-0.4, -0.2) is 40.0 Å². The van der Waals surface area contributed by atoms with Crippen molar-refractivity contribution in [3.8, 4) is 0 Å². The molecule has 1 rings (SSSR count). The van der Waals surface area contributed by atoms with Gasteiger partial charge in [-0.3, -0.25) is 4.79 Å². The van der Waals surface area contributed by atoms with Gasteiger partial charge >= 0.3 is 11.9 Å². The van der Waals surface area contributed by atoms with Crippen molar-refractivity contribution >= 4 is 23.5 Å². The highest BCUT2D eigenvalue weighted by atomic mass is 35.5. The first-order valence-corrected chi connectivity index (χ1v) is 6.29. The monoisotopic (exact) mass is 302 g/mol. The minimum Gasteiger partial charge on any atom is -0.478 e. The second-order valence-electron chi connectivity index (χ2n) is 4.07. The summed E-state index contributed by atoms with van der Waals surface area (Å²) in [6.45, 7) is 1.81. The number of esters is 1. The number of carbonyl (C=O) groups is 2. The highest BCUT2D eigenvalue weighted by molar-refractivity contribution is 6.33. The fourth-order valence-electron chi connectivity index (χ4n) is 1.61. The number of aliphatic hydroxyl groups excluding tert-OH is 2. The molecule has 1 aromatic carbocycles. The predicted octanol–water partition coefficient (Wildman–Crippen LogP) is 1.39. The summed E-state index contributed by atoms with van der Waals surface area (Å²) in [4.78, 5) is 22.0. The minimum atomic E-state index is -1.36. The third-order valence-corrected chi connectivity index (χ3v) is 2.92. The molecular formula is C13H15ClO6. The van der Waals surface area contributed by atoms with Crippen molar-refractivity contribution in [3.63, 3.8) is 0 Å². The zero-order chi connectivity index (χ0) is 15.3. The molecule has 0 radical (unpaired) electrons. The van der Waals surface area contributed by atoms with E-state index in [0.29, 0.717) is 0 Å². The summed E-state index contributed by atoms with van der Waals surface area (Å²) in [6, 6.07) is 3.79. The van der Waals surface area contributed by atoms with Crippen molar-refractivity contribution in [1.29, 1.82) is 0 Å². The first-order chi connectivity index (χ1) is 9.36. The van der Waals surface area contributed by atoms with Crippen LogP contribution in [0.1, 0.15) is 35.4 Å². The standard InChI is InChI=1S/C13H15ClO6/c1-2-20-11(16)6-10(15)12(17)7-3-4-8(13(18)19)9(14)5-7/h3-5,10,12,15,17H,2,6H2,1H3,(H,18,19). The molecule has 3 N–H and O–H groups in total. The molecule has 0 aliphatic heterocycles. The number of hydrogen-bond acceptors (Lipinski definition) is 5. The lowest BCUT2D eigenvalue weighted by Gasteiger charge is -2.18. The molecule has 0 bridgehead atoms. The summed E-state index contributed by atoms with van der Waals surface area (Å²) >= 11 is 5.76. The molecule has 0 amide bonds. The fraction of sp³-hybridized carbons (Fsp3) is 0.385. The topological polar surface area (TPSA) is 104 Å². The number of aliphatic hydroxyl groups is 2. The predicted molar refractivity (Wildman–Crippen MR) is 70.6 cm³/mol. The van der Waals surface area contributed by atoms with Crippen LogP contribution in [0.5, 0.6) is 0 Å². The molecule has 0 aliphatic carbocycles. The van der Waals surface area contributed by atoms with E-state index < -0.39 is 24.1 Å². The molecule has 7 heteroatoms. The first-order valence-electron chi connectivity index (χ1n) is 5.91. The number of halogens is 1. The number of carboxylic acid groups (broad SMARTS) is 1. The Morgan fingerprint density at radius 2 is 2.00 bits per heavy atom. The molecule has 2 unspecified atom stereocenters. The number of carboxylic acids is 1. The van der Waals surface area contributed by atoms with Crippen molar-refractivity contribution in [2.24, 2.45) is 0 Å². The van der Waals surface area contributed by atoms with Crippen LogP contribution in [-0.2, 0) is 9.53 Å². The number of aromatic carboxylic acids is 1. The molecule has 1 aromatic rings. The zero-order valence-corrected chi connectivity index (χ0v) is 11.5. The van der Waals surface area contributed by atoms with Crippen LogP contribution in [0.25, 0.3) is 0 Å². The average Bonchev–Trinajstić information content (AvgIpc) is 2.37. The summed E-state index contributed by atoms with van der Waals surface area (Å²) in [7, 11) is 0. The van der Waals surface area contributed by atoms with Crippen molar-refractivity contribution in [3.05, 3.63) is 34.3 Å². The fourth-order valence-corrected chi connectivity index (χ4v) is 1.88. The molecule has 6 nitrogen and oxygen atoms in total. The highest BCUT2D eigenvalue weighted by Gasteiger charge is 2.23. The van der Waals surface area contributed by atoms with E-state index in [1.807, 2.05) is 0 Å². The molecule has 0 fully saturated rings. The molecule has 0 saturated carbocycles. The van der Waals surface area contributed by atoms with Crippen molar-refractivity contribution in [2.45, 2.75) is 25.6 Å². The van der Waals surface area contributed by atoms with Gasteiger partial charge in [-0.25, -0.2) is 4.79 Å². The Kier molecular flexibility index (Phi) is 5.94. The molecule has 0 spiro atoms. The van der Waals surface area contributed by atoms with Gasteiger partial charge in [-0.1, -0.05) is 17.7 Å². The van der Waals surface area contributed by atoms with Crippen LogP contribution in [0.15, 0.2) is 18.2 Å². The number of rotatable bonds is 6. The van der Waals surface area contributed by atoms with E-state index in [1.54, 1.807) is 6.92 Å². The van der Waals surface area contributed by atoms with Crippen LogP contribution >= 0.6 is 11.6 Å². The van der Waals surface area contributed by atoms with E-state index in [9.17, 15) is 19.8 Å². The van der Waals surface area contributed by atoms with Gasteiger partial charge in [-0.2, -0.15) is 0 Å². The first kappa shape index (κ1) is 16.4. The third kappa shape index (κ3) is 4.19. The largest absolute Gasteiger partial charge is 0.478 e. The Morgan fingerprint density at radius 3 is 2.50 bits per heavy atom. The highest BCUT2D eigenvalue weighted by Crippen LogP contribution is 2.25. The second-order valence-corrected chi connectivity index (χ2v) is 4.47. The summed E-state index contributed by atoms with van der Waals surface area (Å²) in [5.41, 5.74) is 0.110. The van der Waals surface area contributed by atoms with Gasteiger partial charge in [0.05, 0.1) is 29.7 Å². The Labute approximate surface area is 120 Å². The van der Waals surface area contributed by atoms with Crippen LogP contribution in [0, 0.1) is 0 Å². The van der Waals surface area contributed by atoms with E-state index >= 15 is 0 Å². The maximum Gasteiger partial charge on any atom is 0.337 e. The van der Waals surface area contributed by atoms with E-state index in [4.69, 9.17) is 16.7 Å². The second kappa shape index (κ2) is 7.23. The Morgan fingerprint density at radius 1 is 1.35 bits per heavy atom. The van der Waals surface area contributed by atoms with Gasteiger partial charge in [0.2, 0.25) is 0 Å². The normalized spacial score (nSPS) is 13.6. The van der Waals surface area contributed by atoms with Gasteiger partial charge in [-0.05, 0) is 24.6 Å². The summed E-state index contributed by atoms with van der Waals surface area (Å²) in [5, 5.41) is 28.4. The van der Waals surface area contributed by atoms with E-state index in [-0.39, 0.29) is 29.2 Å². The number of hydrogen-bond donors (Lipinski definition) is 3. The Hall–Kier alpha value is -1.63. The lowest BCUT2D eigenvalue weighted by Crippen LogP contribution is -2.23. The van der Waals surface area contributed by atoms with Gasteiger partial charge < -0.3 is 20.1 Å². The van der Waals surface area contributed by atoms with E-state index in [1.165, 1.54) is 18.2 Å². The van der Waals surface area contributed by atoms with Crippen LogP contribution in [0.4, 0.5) is 0 Å². The lowest BCUT2D eigenvalue weighted by molar-refractivity contribution is -0.147. The van der Waals surface area contributed by atoms with Crippen LogP contribution in [0.3, 0.4) is 0 Å². The molecule has 110 valence electrons. The Bertz CT molecular complexity index is 502. The van der Waals surface area contributed by atoms with E-state index in [2.05, 4.69) is 4.74 Å². The van der Waals surface area contributed by atoms with Gasteiger partial charge in [0, 0.05) is 0 Å². The third-order valence-electron chi connectivity index (χ3n) is 2.61. The number of ether oxygens (including phenoxy) is 1. The molecule has 0 saturated heterocycles. The van der Waals surface area contributed by atoms with Crippen LogP contribution < -0.4 is 0 Å². The summed E-state index contributed by atoms with van der Waals surface area (Å²) in [5.74, 6) is -1.82. The van der Waals surface area contributed by atoms with Crippen molar-refractivity contribution in [2.75, 3.05) is 6.61 Å². The van der Waals surface area contributed by atoms with Crippen molar-refractivity contribution < 1.29 is 29.6 Å². The molecular weight excluding hydrogens is 288 g/mol. The maximum absolute atomic E-state index is 11.2. The molecule has 0 heterocycles. The van der Waals surface area contributed by atoms with Crippen LogP contribution in [0.2, 0.25) is 5.02 Å². The van der Waals surface area contributed by atoms with Gasteiger partial charge in [0.1, 0.15) is 6.10 Å². The number of benzene rings is 1. The van der Waals surface area contributed by atoms with Gasteiger partial charge in [0.25, 0.3) is 0 Å². The summed E-state index contributed by atoms with van der Waals surface area (Å²) in [6.07, 6.45) is -3.09. The van der Waals surface area contributed by atoms with Gasteiger partial charge in [0.15, 0.2) is 0 Å². The molecule has 20 heavy (non-hydrogen) atoms.